The zero-order valence-corrected chi connectivity index (χ0v) is 33.6. The summed E-state index contributed by atoms with van der Waals surface area (Å²) in [5, 5.41) is 7.75. The predicted octanol–water partition coefficient (Wildman–Crippen LogP) is 15.4. The van der Waals surface area contributed by atoms with Gasteiger partial charge in [0.05, 0.1) is 16.7 Å². The Labute approximate surface area is 348 Å². The highest BCUT2D eigenvalue weighted by Gasteiger charge is 2.72. The quantitative estimate of drug-likeness (QED) is 0.163. The first-order valence-corrected chi connectivity index (χ1v) is 22.4. The van der Waals surface area contributed by atoms with Crippen LogP contribution in [0.5, 0.6) is 0 Å². The van der Waals surface area contributed by atoms with Crippen molar-refractivity contribution in [2.24, 2.45) is 29.6 Å². The minimum Gasteiger partial charge on any atom is -0.310 e. The fourth-order valence-corrected chi connectivity index (χ4v) is 14.4. The maximum absolute atomic E-state index is 2.53. The zero-order chi connectivity index (χ0) is 38.4. The molecule has 8 aromatic carbocycles. The van der Waals surface area contributed by atoms with E-state index in [0.29, 0.717) is 5.41 Å². The van der Waals surface area contributed by atoms with Crippen molar-refractivity contribution in [1.82, 2.24) is 4.57 Å². The fraction of sp³-hybridized carbons (Fsp3) is 0.179. The van der Waals surface area contributed by atoms with Crippen LogP contribution in [0.15, 0.2) is 176 Å². The number of hydrogen-bond donors (Lipinski definition) is 0. The summed E-state index contributed by atoms with van der Waals surface area (Å²) in [7, 11) is 0. The normalized spacial score (nSPS) is 23.9. The third-order valence-electron chi connectivity index (χ3n) is 15.6. The molecule has 0 saturated heterocycles. The Morgan fingerprint density at radius 1 is 0.508 bits per heavy atom. The van der Waals surface area contributed by atoms with E-state index in [4.69, 9.17) is 0 Å². The Bertz CT molecular complexity index is 3320. The van der Waals surface area contributed by atoms with E-state index in [1.54, 1.807) is 5.56 Å². The van der Waals surface area contributed by atoms with Crippen LogP contribution in [0.2, 0.25) is 0 Å². The van der Waals surface area contributed by atoms with Crippen LogP contribution in [0.25, 0.3) is 69.6 Å². The van der Waals surface area contributed by atoms with E-state index in [1.165, 1.54) is 107 Å². The number of benzene rings is 8. The molecule has 2 nitrogen and oxygen atoms in total. The number of nitrogens with zero attached hydrogens (tertiary/aromatic N) is 2. The lowest BCUT2D eigenvalue weighted by Gasteiger charge is -2.51. The molecule has 0 radical (unpaired) electrons. The molecule has 3 heteroatoms. The van der Waals surface area contributed by atoms with E-state index in [9.17, 15) is 0 Å². The number of fused-ring (bicyclic) bond motifs is 8. The molecular weight excluding hydrogens is 733 g/mol. The summed E-state index contributed by atoms with van der Waals surface area (Å²) in [5.41, 5.74) is 11.7. The van der Waals surface area contributed by atoms with E-state index < -0.39 is 0 Å². The van der Waals surface area contributed by atoms with Gasteiger partial charge in [-0.25, -0.2) is 0 Å². The van der Waals surface area contributed by atoms with Gasteiger partial charge in [0.1, 0.15) is 0 Å². The van der Waals surface area contributed by atoms with Gasteiger partial charge in [0, 0.05) is 48.0 Å². The van der Waals surface area contributed by atoms with Gasteiger partial charge in [0.2, 0.25) is 0 Å². The highest BCUT2D eigenvalue weighted by Crippen LogP contribution is 2.78. The lowest BCUT2D eigenvalue weighted by molar-refractivity contribution is 0.0684. The van der Waals surface area contributed by atoms with E-state index in [1.807, 2.05) is 11.3 Å². The molecular formula is C56H42N2S. The second-order valence-corrected chi connectivity index (χ2v) is 19.3. The summed E-state index contributed by atoms with van der Waals surface area (Å²) in [6, 6.07) is 66.4. The number of aromatic nitrogens is 1. The van der Waals surface area contributed by atoms with Gasteiger partial charge in [0.15, 0.2) is 0 Å². The van der Waals surface area contributed by atoms with Crippen LogP contribution in [0.4, 0.5) is 17.1 Å². The van der Waals surface area contributed by atoms with Crippen LogP contribution in [0.3, 0.4) is 0 Å². The van der Waals surface area contributed by atoms with Crippen molar-refractivity contribution >= 4 is 81.1 Å². The Kier molecular flexibility index (Phi) is 6.64. The summed E-state index contributed by atoms with van der Waals surface area (Å²) >= 11 is 1.88. The number of hydrogen-bond acceptors (Lipinski definition) is 2. The molecule has 6 unspecified atom stereocenters. The molecule has 4 fully saturated rings. The van der Waals surface area contributed by atoms with Gasteiger partial charge in [-0.1, -0.05) is 109 Å². The third-order valence-corrected chi connectivity index (χ3v) is 16.7. The first kappa shape index (κ1) is 32.8. The van der Waals surface area contributed by atoms with E-state index in [-0.39, 0.29) is 0 Å². The van der Waals surface area contributed by atoms with Crippen LogP contribution in [0.1, 0.15) is 31.2 Å². The Morgan fingerprint density at radius 3 is 2.07 bits per heavy atom. The van der Waals surface area contributed by atoms with Crippen molar-refractivity contribution < 1.29 is 0 Å². The molecule has 4 aliphatic carbocycles. The first-order valence-electron chi connectivity index (χ1n) is 21.6. The summed E-state index contributed by atoms with van der Waals surface area (Å²) in [5.74, 6) is 4.91. The van der Waals surface area contributed by atoms with Gasteiger partial charge >= 0.3 is 0 Å². The van der Waals surface area contributed by atoms with E-state index >= 15 is 0 Å². The maximum atomic E-state index is 2.53. The molecule has 14 rings (SSSR count). The number of anilines is 3. The van der Waals surface area contributed by atoms with Crippen molar-refractivity contribution in [1.29, 1.82) is 0 Å². The third kappa shape index (κ3) is 4.46. The van der Waals surface area contributed by atoms with E-state index in [0.717, 1.165) is 35.3 Å². The molecule has 10 aromatic rings. The molecule has 4 aliphatic rings. The fourth-order valence-electron chi connectivity index (χ4n) is 13.3. The topological polar surface area (TPSA) is 8.17 Å². The van der Waals surface area contributed by atoms with Crippen molar-refractivity contribution in [3.05, 3.63) is 181 Å². The lowest BCUT2D eigenvalue weighted by atomic mass is 9.53. The average molecular weight is 775 g/mol. The predicted molar refractivity (Wildman–Crippen MR) is 249 cm³/mol. The zero-order valence-electron chi connectivity index (χ0n) is 32.8. The van der Waals surface area contributed by atoms with Gasteiger partial charge in [0.25, 0.3) is 0 Å². The SMILES string of the molecule is c1ccc(-c2ccc(N(c3ccc(C45CC6CC7CC(C4)C5C76)cc3)c3cccc4c3c3c5ccccc5ccc3n4-c3ccc4sc5ccccc5c4c3)cc2)cc1. The second kappa shape index (κ2) is 12.0. The molecule has 59 heavy (non-hydrogen) atoms. The van der Waals surface area contributed by atoms with Crippen molar-refractivity contribution in [2.45, 2.75) is 31.1 Å². The van der Waals surface area contributed by atoms with Gasteiger partial charge in [-0.15, -0.1) is 11.3 Å². The Hall–Kier alpha value is -6.16. The van der Waals surface area contributed by atoms with Crippen molar-refractivity contribution in [3.8, 4) is 16.8 Å². The number of rotatable bonds is 6. The molecule has 0 spiro atoms. The van der Waals surface area contributed by atoms with Gasteiger partial charge in [-0.05, 0) is 155 Å². The summed E-state index contributed by atoms with van der Waals surface area (Å²) in [4.78, 5) is 2.53. The van der Waals surface area contributed by atoms with Gasteiger partial charge < -0.3 is 9.47 Å². The largest absolute Gasteiger partial charge is 0.310 e. The molecule has 6 atom stereocenters. The highest BCUT2D eigenvalue weighted by molar-refractivity contribution is 7.25. The van der Waals surface area contributed by atoms with Gasteiger partial charge in [-0.2, -0.15) is 0 Å². The molecule has 0 N–H and O–H groups in total. The summed E-state index contributed by atoms with van der Waals surface area (Å²) in [6.45, 7) is 0. The molecule has 0 amide bonds. The standard InChI is InChI=1S/C56H42N2S/c1-2-9-34(10-3-1)35-17-22-41(23-18-35)57(42-24-20-40(21-25-42)56-32-38-29-37-30-39(33-56)55(56)52(37)38)47-14-8-15-48-54(47)53-44-12-5-4-11-36(44)19-27-49(53)58(48)43-26-28-51-46(31-43)45-13-6-7-16-50(45)59-51/h1-28,31,37-39,52,55H,29-30,32-33H2. The average Bonchev–Trinajstić information content (AvgIpc) is 3.95. The van der Waals surface area contributed by atoms with Gasteiger partial charge in [-0.3, -0.25) is 0 Å². The molecule has 2 aromatic heterocycles. The molecule has 2 heterocycles. The van der Waals surface area contributed by atoms with Crippen LogP contribution in [0, 0.1) is 29.6 Å². The summed E-state index contributed by atoms with van der Waals surface area (Å²) in [6.07, 6.45) is 5.82. The minimum absolute atomic E-state index is 0.410. The highest BCUT2D eigenvalue weighted by atomic mass is 32.1. The number of thiophene rings is 1. The smallest absolute Gasteiger partial charge is 0.0562 e. The second-order valence-electron chi connectivity index (χ2n) is 18.2. The molecule has 4 saturated carbocycles. The first-order chi connectivity index (χ1) is 29.2. The van der Waals surface area contributed by atoms with Crippen LogP contribution in [-0.4, -0.2) is 4.57 Å². The van der Waals surface area contributed by atoms with Crippen molar-refractivity contribution in [3.63, 3.8) is 0 Å². The minimum atomic E-state index is 0.410. The van der Waals surface area contributed by atoms with E-state index in [2.05, 4.69) is 185 Å². The molecule has 0 aliphatic heterocycles. The maximum Gasteiger partial charge on any atom is 0.0562 e. The van der Waals surface area contributed by atoms with Crippen molar-refractivity contribution in [2.75, 3.05) is 4.90 Å². The molecule has 0 bridgehead atoms. The Morgan fingerprint density at radius 2 is 1.20 bits per heavy atom. The lowest BCUT2D eigenvalue weighted by Crippen LogP contribution is -2.47. The van der Waals surface area contributed by atoms with Crippen LogP contribution in [-0.2, 0) is 5.41 Å². The summed E-state index contributed by atoms with van der Waals surface area (Å²) < 4.78 is 5.17. The van der Waals surface area contributed by atoms with Crippen LogP contribution >= 0.6 is 11.3 Å². The Balaban J connectivity index is 0.998. The monoisotopic (exact) mass is 774 g/mol. The van der Waals surface area contributed by atoms with Crippen LogP contribution < -0.4 is 4.90 Å². The molecule has 282 valence electrons.